The summed E-state index contributed by atoms with van der Waals surface area (Å²) in [4.78, 5) is 10.4. The first kappa shape index (κ1) is 31.4. The lowest BCUT2D eigenvalue weighted by molar-refractivity contribution is 0.669. The highest BCUT2D eigenvalue weighted by molar-refractivity contribution is 6.07. The van der Waals surface area contributed by atoms with E-state index in [4.69, 9.17) is 14.4 Å². The molecular formula is C52H34N2O. The van der Waals surface area contributed by atoms with Crippen LogP contribution >= 0.6 is 0 Å². The smallest absolute Gasteiger partial charge is 0.160 e. The minimum absolute atomic E-state index is 0.268. The third kappa shape index (κ3) is 4.90. The van der Waals surface area contributed by atoms with Crippen LogP contribution in [0.1, 0.15) is 23.6 Å². The summed E-state index contributed by atoms with van der Waals surface area (Å²) in [5.41, 5.74) is 15.3. The number of fused-ring (bicyclic) bond motifs is 7. The second kappa shape index (κ2) is 12.2. The van der Waals surface area contributed by atoms with E-state index in [0.717, 1.165) is 55.4 Å². The first-order valence-corrected chi connectivity index (χ1v) is 18.8. The molecule has 11 rings (SSSR count). The molecule has 55 heavy (non-hydrogen) atoms. The van der Waals surface area contributed by atoms with Gasteiger partial charge in [-0.3, -0.25) is 0 Å². The molecule has 1 unspecified atom stereocenters. The lowest BCUT2D eigenvalue weighted by atomic mass is 9.74. The topological polar surface area (TPSA) is 38.9 Å². The summed E-state index contributed by atoms with van der Waals surface area (Å²) in [6.45, 7) is 2.38. The van der Waals surface area contributed by atoms with Gasteiger partial charge in [-0.1, -0.05) is 152 Å². The first-order valence-electron chi connectivity index (χ1n) is 18.8. The number of para-hydroxylation sites is 1. The number of rotatable bonds is 5. The summed E-state index contributed by atoms with van der Waals surface area (Å²) in [6, 6.07) is 67.0. The van der Waals surface area contributed by atoms with E-state index < -0.39 is 0 Å². The van der Waals surface area contributed by atoms with Crippen molar-refractivity contribution < 1.29 is 4.42 Å². The van der Waals surface area contributed by atoms with Crippen molar-refractivity contribution in [3.05, 3.63) is 205 Å². The molecule has 0 spiro atoms. The van der Waals surface area contributed by atoms with Crippen LogP contribution in [0.3, 0.4) is 0 Å². The van der Waals surface area contributed by atoms with Gasteiger partial charge in [-0.15, -0.1) is 0 Å². The van der Waals surface area contributed by atoms with Gasteiger partial charge in [0.25, 0.3) is 0 Å². The van der Waals surface area contributed by atoms with Gasteiger partial charge in [0, 0.05) is 32.9 Å². The van der Waals surface area contributed by atoms with Gasteiger partial charge in [-0.2, -0.15) is 0 Å². The zero-order chi connectivity index (χ0) is 36.5. The average molecular weight is 703 g/mol. The number of nitrogens with zero attached hydrogens (tertiary/aromatic N) is 2. The van der Waals surface area contributed by atoms with E-state index in [1.807, 2.05) is 30.3 Å². The third-order valence-corrected chi connectivity index (χ3v) is 11.6. The van der Waals surface area contributed by atoms with Crippen molar-refractivity contribution in [3.63, 3.8) is 0 Å². The lowest BCUT2D eigenvalue weighted by Crippen LogP contribution is -2.22. The number of benzene rings is 8. The summed E-state index contributed by atoms with van der Waals surface area (Å²) >= 11 is 0. The molecule has 3 heteroatoms. The molecule has 0 amide bonds. The van der Waals surface area contributed by atoms with Gasteiger partial charge >= 0.3 is 0 Å². The zero-order valence-electron chi connectivity index (χ0n) is 30.2. The highest BCUT2D eigenvalue weighted by Crippen LogP contribution is 2.53. The molecule has 258 valence electrons. The molecule has 1 atom stereocenters. The van der Waals surface area contributed by atoms with Gasteiger partial charge in [-0.25, -0.2) is 9.97 Å². The predicted molar refractivity (Wildman–Crippen MR) is 226 cm³/mol. The molecule has 1 aliphatic carbocycles. The molecule has 2 aromatic heterocycles. The number of hydrogen-bond acceptors (Lipinski definition) is 3. The van der Waals surface area contributed by atoms with Crippen molar-refractivity contribution in [3.8, 4) is 56.2 Å². The summed E-state index contributed by atoms with van der Waals surface area (Å²) < 4.78 is 6.17. The molecule has 0 saturated carbocycles. The number of furan rings is 1. The van der Waals surface area contributed by atoms with Crippen molar-refractivity contribution in [2.45, 2.75) is 12.3 Å². The van der Waals surface area contributed by atoms with E-state index in [1.54, 1.807) is 0 Å². The van der Waals surface area contributed by atoms with Crippen LogP contribution in [-0.4, -0.2) is 9.97 Å². The first-order chi connectivity index (χ1) is 27.1. The molecule has 8 aromatic carbocycles. The molecule has 10 aromatic rings. The second-order valence-electron chi connectivity index (χ2n) is 14.6. The van der Waals surface area contributed by atoms with E-state index in [2.05, 4.69) is 165 Å². The van der Waals surface area contributed by atoms with Crippen LogP contribution in [0.4, 0.5) is 0 Å². The Labute approximate surface area is 319 Å². The van der Waals surface area contributed by atoms with Crippen molar-refractivity contribution >= 4 is 32.7 Å². The molecule has 0 radical (unpaired) electrons. The maximum absolute atomic E-state index is 6.17. The van der Waals surface area contributed by atoms with Gasteiger partial charge in [0.15, 0.2) is 5.82 Å². The molecule has 0 bridgehead atoms. The van der Waals surface area contributed by atoms with E-state index in [0.29, 0.717) is 5.82 Å². The SMILES string of the molecule is CC1(c2ccccc2)c2ccccc2-c2ccc(-c3ccc(-c4cc(-c5ccc6oc7ccccc7c6c5)nc(-c5ccccc5)n4)c4ccccc34)cc21. The van der Waals surface area contributed by atoms with Crippen LogP contribution < -0.4 is 0 Å². The van der Waals surface area contributed by atoms with Crippen LogP contribution in [0.15, 0.2) is 192 Å². The normalized spacial score (nSPS) is 14.7. The average Bonchev–Trinajstić information content (AvgIpc) is 3.76. The van der Waals surface area contributed by atoms with Gasteiger partial charge in [0.1, 0.15) is 11.2 Å². The molecule has 0 aliphatic heterocycles. The second-order valence-corrected chi connectivity index (χ2v) is 14.6. The van der Waals surface area contributed by atoms with Gasteiger partial charge in [0.2, 0.25) is 0 Å². The standard InChI is InChI=1S/C52H34N2O/c1-52(36-16-6-3-7-17-36)45-22-12-10-20-40(45)41-26-24-34(31-46(41)52)37-27-28-42(39-19-9-8-18-38(37)39)48-32-47(53-51(54-48)33-14-4-2-5-15-33)35-25-29-50-44(30-35)43-21-11-13-23-49(43)55-50/h2-32H,1H3. The van der Waals surface area contributed by atoms with Crippen molar-refractivity contribution in [1.82, 2.24) is 9.97 Å². The zero-order valence-corrected chi connectivity index (χ0v) is 30.2. The summed E-state index contributed by atoms with van der Waals surface area (Å²) in [7, 11) is 0. The third-order valence-electron chi connectivity index (χ3n) is 11.6. The van der Waals surface area contributed by atoms with E-state index >= 15 is 0 Å². The van der Waals surface area contributed by atoms with Crippen LogP contribution in [0.5, 0.6) is 0 Å². The Hall–Kier alpha value is -7.10. The fraction of sp³-hybridized carbons (Fsp3) is 0.0385. The maximum Gasteiger partial charge on any atom is 0.160 e. The van der Waals surface area contributed by atoms with Crippen LogP contribution in [0, 0.1) is 0 Å². The van der Waals surface area contributed by atoms with Crippen molar-refractivity contribution in [2.24, 2.45) is 0 Å². The molecule has 0 N–H and O–H groups in total. The molecule has 0 saturated heterocycles. The van der Waals surface area contributed by atoms with E-state index in [1.165, 1.54) is 44.3 Å². The molecule has 3 nitrogen and oxygen atoms in total. The Morgan fingerprint density at radius 1 is 0.382 bits per heavy atom. The minimum Gasteiger partial charge on any atom is -0.456 e. The number of hydrogen-bond donors (Lipinski definition) is 0. The van der Waals surface area contributed by atoms with E-state index in [9.17, 15) is 0 Å². The fourth-order valence-electron chi connectivity index (χ4n) is 8.85. The molecule has 0 fully saturated rings. The molecular weight excluding hydrogens is 669 g/mol. The molecule has 2 heterocycles. The maximum atomic E-state index is 6.17. The lowest BCUT2D eigenvalue weighted by Gasteiger charge is -2.28. The van der Waals surface area contributed by atoms with E-state index in [-0.39, 0.29) is 5.41 Å². The Morgan fingerprint density at radius 2 is 0.982 bits per heavy atom. The van der Waals surface area contributed by atoms with Crippen molar-refractivity contribution in [2.75, 3.05) is 0 Å². The molecule has 1 aliphatic rings. The van der Waals surface area contributed by atoms with Gasteiger partial charge < -0.3 is 4.42 Å². The monoisotopic (exact) mass is 702 g/mol. The Balaban J connectivity index is 1.08. The largest absolute Gasteiger partial charge is 0.456 e. The van der Waals surface area contributed by atoms with Crippen LogP contribution in [0.25, 0.3) is 88.9 Å². The fourth-order valence-corrected chi connectivity index (χ4v) is 8.85. The highest BCUT2D eigenvalue weighted by Gasteiger charge is 2.40. The summed E-state index contributed by atoms with van der Waals surface area (Å²) in [5, 5.41) is 4.50. The highest BCUT2D eigenvalue weighted by atomic mass is 16.3. The predicted octanol–water partition coefficient (Wildman–Crippen LogP) is 13.5. The quantitative estimate of drug-likeness (QED) is 0.179. The Kier molecular flexibility index (Phi) is 6.99. The number of aromatic nitrogens is 2. The summed E-state index contributed by atoms with van der Waals surface area (Å²) in [6.07, 6.45) is 0. The Bertz CT molecular complexity index is 3110. The minimum atomic E-state index is -0.268. The van der Waals surface area contributed by atoms with Gasteiger partial charge in [0.05, 0.1) is 11.4 Å². The van der Waals surface area contributed by atoms with Crippen molar-refractivity contribution in [1.29, 1.82) is 0 Å². The summed E-state index contributed by atoms with van der Waals surface area (Å²) in [5.74, 6) is 0.691. The van der Waals surface area contributed by atoms with Crippen LogP contribution in [-0.2, 0) is 5.41 Å². The Morgan fingerprint density at radius 3 is 1.82 bits per heavy atom. The van der Waals surface area contributed by atoms with Crippen LogP contribution in [0.2, 0.25) is 0 Å². The van der Waals surface area contributed by atoms with Gasteiger partial charge in [-0.05, 0) is 93.0 Å².